The van der Waals surface area contributed by atoms with Crippen LogP contribution in [0.4, 0.5) is 8.78 Å². The molecule has 3 heterocycles. The van der Waals surface area contributed by atoms with Gasteiger partial charge < -0.3 is 4.57 Å². The number of fused-ring (bicyclic) bond motifs is 4. The number of rotatable bonds is 2. The van der Waals surface area contributed by atoms with E-state index in [9.17, 15) is 13.6 Å². The van der Waals surface area contributed by atoms with Gasteiger partial charge in [-0.05, 0) is 36.6 Å². The van der Waals surface area contributed by atoms with Gasteiger partial charge in [0.1, 0.15) is 11.6 Å². The molecule has 1 aromatic heterocycles. The Labute approximate surface area is 133 Å². The highest BCUT2D eigenvalue weighted by atomic mass is 19.1. The molecule has 2 atom stereocenters. The van der Waals surface area contributed by atoms with Gasteiger partial charge in [0.25, 0.3) is 5.56 Å². The lowest BCUT2D eigenvalue weighted by molar-refractivity contribution is 0.113. The van der Waals surface area contributed by atoms with Gasteiger partial charge in [0.05, 0.1) is 0 Å². The first kappa shape index (κ1) is 14.6. The highest BCUT2D eigenvalue weighted by Gasteiger charge is 2.34. The maximum atomic E-state index is 13.9. The Morgan fingerprint density at radius 3 is 2.83 bits per heavy atom. The summed E-state index contributed by atoms with van der Waals surface area (Å²) in [7, 11) is 0. The van der Waals surface area contributed by atoms with Crippen LogP contribution < -0.4 is 5.56 Å². The predicted molar refractivity (Wildman–Crippen MR) is 83.2 cm³/mol. The molecule has 2 aromatic rings. The SMILES string of the molecule is O=c1cccc2n1C[C@H]1C[C@H]2CN(Cc2cc(F)ccc2F)C1. The van der Waals surface area contributed by atoms with Crippen molar-refractivity contribution >= 4 is 0 Å². The number of hydrogen-bond acceptors (Lipinski definition) is 2. The van der Waals surface area contributed by atoms with Gasteiger partial charge in [0.15, 0.2) is 0 Å². The quantitative estimate of drug-likeness (QED) is 0.851. The highest BCUT2D eigenvalue weighted by Crippen LogP contribution is 2.35. The predicted octanol–water partition coefficient (Wildman–Crippen LogP) is 2.75. The smallest absolute Gasteiger partial charge is 0.250 e. The standard InChI is InChI=1S/C18H18F2N2O/c19-15-4-5-16(20)13(7-15)10-21-8-12-6-14(11-21)17-2-1-3-18(23)22(17)9-12/h1-5,7,12,14H,6,8-11H2/t12-,14-/m0/s1. The molecule has 1 saturated heterocycles. The van der Waals surface area contributed by atoms with Crippen LogP contribution in [0, 0.1) is 17.6 Å². The van der Waals surface area contributed by atoms with Gasteiger partial charge in [0.2, 0.25) is 0 Å². The zero-order valence-electron chi connectivity index (χ0n) is 12.7. The molecule has 4 rings (SSSR count). The largest absolute Gasteiger partial charge is 0.312 e. The lowest BCUT2D eigenvalue weighted by Crippen LogP contribution is -2.46. The zero-order chi connectivity index (χ0) is 16.0. The molecule has 1 aromatic carbocycles. The van der Waals surface area contributed by atoms with Gasteiger partial charge in [-0.3, -0.25) is 9.69 Å². The third-order valence-corrected chi connectivity index (χ3v) is 4.96. The minimum absolute atomic E-state index is 0.0572. The summed E-state index contributed by atoms with van der Waals surface area (Å²) in [6, 6.07) is 9.02. The fourth-order valence-corrected chi connectivity index (χ4v) is 4.03. The number of benzene rings is 1. The summed E-state index contributed by atoms with van der Waals surface area (Å²) in [6.45, 7) is 2.71. The Balaban J connectivity index is 1.59. The lowest BCUT2D eigenvalue weighted by atomic mass is 9.83. The number of hydrogen-bond donors (Lipinski definition) is 0. The molecule has 0 aliphatic carbocycles. The second-order valence-electron chi connectivity index (χ2n) is 6.63. The van der Waals surface area contributed by atoms with E-state index in [0.717, 1.165) is 31.3 Å². The first-order chi connectivity index (χ1) is 11.1. The van der Waals surface area contributed by atoms with Crippen LogP contribution >= 0.6 is 0 Å². The molecule has 23 heavy (non-hydrogen) atoms. The molecule has 0 amide bonds. The average Bonchev–Trinajstić information content (AvgIpc) is 2.52. The summed E-state index contributed by atoms with van der Waals surface area (Å²) >= 11 is 0. The number of aromatic nitrogens is 1. The summed E-state index contributed by atoms with van der Waals surface area (Å²) in [4.78, 5) is 14.2. The second-order valence-corrected chi connectivity index (χ2v) is 6.63. The molecule has 0 unspecified atom stereocenters. The third kappa shape index (κ3) is 2.70. The molecular formula is C18H18F2N2O. The van der Waals surface area contributed by atoms with Crippen LogP contribution in [0.2, 0.25) is 0 Å². The normalized spacial score (nSPS) is 23.6. The molecule has 0 radical (unpaired) electrons. The van der Waals surface area contributed by atoms with E-state index in [4.69, 9.17) is 0 Å². The number of pyridine rings is 1. The maximum Gasteiger partial charge on any atom is 0.250 e. The summed E-state index contributed by atoms with van der Waals surface area (Å²) in [5.74, 6) is -0.0970. The van der Waals surface area contributed by atoms with Gasteiger partial charge in [0, 0.05) is 49.4 Å². The van der Waals surface area contributed by atoms with Crippen molar-refractivity contribution in [2.75, 3.05) is 13.1 Å². The van der Waals surface area contributed by atoms with Crippen molar-refractivity contribution in [1.29, 1.82) is 0 Å². The molecular weight excluding hydrogens is 298 g/mol. The number of nitrogens with zero attached hydrogens (tertiary/aromatic N) is 2. The second kappa shape index (κ2) is 5.57. The molecule has 5 heteroatoms. The van der Waals surface area contributed by atoms with Crippen molar-refractivity contribution in [2.24, 2.45) is 5.92 Å². The fraction of sp³-hybridized carbons (Fsp3) is 0.389. The minimum Gasteiger partial charge on any atom is -0.312 e. The molecule has 2 aliphatic heterocycles. The zero-order valence-corrected chi connectivity index (χ0v) is 12.7. The Hall–Kier alpha value is -2.01. The number of halogens is 2. The molecule has 0 spiro atoms. The monoisotopic (exact) mass is 316 g/mol. The van der Waals surface area contributed by atoms with Crippen LogP contribution in [0.3, 0.4) is 0 Å². The van der Waals surface area contributed by atoms with Crippen LogP contribution in [0.1, 0.15) is 23.6 Å². The van der Waals surface area contributed by atoms with Crippen molar-refractivity contribution in [2.45, 2.75) is 25.4 Å². The van der Waals surface area contributed by atoms with E-state index >= 15 is 0 Å². The molecule has 120 valence electrons. The van der Waals surface area contributed by atoms with Crippen LogP contribution in [-0.4, -0.2) is 22.6 Å². The molecule has 2 aliphatic rings. The number of likely N-dealkylation sites (tertiary alicyclic amines) is 1. The van der Waals surface area contributed by atoms with Crippen LogP contribution in [0.15, 0.2) is 41.2 Å². The minimum atomic E-state index is -0.407. The van der Waals surface area contributed by atoms with Crippen molar-refractivity contribution in [3.05, 3.63) is 69.6 Å². The summed E-state index contributed by atoms with van der Waals surface area (Å²) < 4.78 is 29.1. The van der Waals surface area contributed by atoms with E-state index in [1.54, 1.807) is 12.1 Å². The van der Waals surface area contributed by atoms with E-state index in [2.05, 4.69) is 4.90 Å². The van der Waals surface area contributed by atoms with Gasteiger partial charge in [-0.1, -0.05) is 6.07 Å². The van der Waals surface area contributed by atoms with E-state index < -0.39 is 5.82 Å². The van der Waals surface area contributed by atoms with E-state index in [0.29, 0.717) is 24.6 Å². The molecule has 1 fully saturated rings. The Morgan fingerprint density at radius 2 is 1.96 bits per heavy atom. The fourth-order valence-electron chi connectivity index (χ4n) is 4.03. The van der Waals surface area contributed by atoms with E-state index in [1.807, 2.05) is 10.6 Å². The Kier molecular flexibility index (Phi) is 3.53. The van der Waals surface area contributed by atoms with E-state index in [1.165, 1.54) is 12.1 Å². The topological polar surface area (TPSA) is 25.2 Å². The lowest BCUT2D eigenvalue weighted by Gasteiger charge is -2.42. The van der Waals surface area contributed by atoms with Crippen molar-refractivity contribution in [3.8, 4) is 0 Å². The van der Waals surface area contributed by atoms with Crippen molar-refractivity contribution in [1.82, 2.24) is 9.47 Å². The maximum absolute atomic E-state index is 13.9. The summed E-state index contributed by atoms with van der Waals surface area (Å²) in [5, 5.41) is 0. The highest BCUT2D eigenvalue weighted by molar-refractivity contribution is 5.20. The van der Waals surface area contributed by atoms with Crippen LogP contribution in [0.25, 0.3) is 0 Å². The van der Waals surface area contributed by atoms with Crippen molar-refractivity contribution in [3.63, 3.8) is 0 Å². The molecule has 0 N–H and O–H groups in total. The van der Waals surface area contributed by atoms with Crippen LogP contribution in [-0.2, 0) is 13.1 Å². The van der Waals surface area contributed by atoms with Crippen molar-refractivity contribution < 1.29 is 8.78 Å². The molecule has 0 saturated carbocycles. The molecule has 2 bridgehead atoms. The summed E-state index contributed by atoms with van der Waals surface area (Å²) in [5.41, 5.74) is 1.52. The van der Waals surface area contributed by atoms with Gasteiger partial charge in [-0.15, -0.1) is 0 Å². The van der Waals surface area contributed by atoms with Gasteiger partial charge in [-0.25, -0.2) is 8.78 Å². The van der Waals surface area contributed by atoms with Gasteiger partial charge in [-0.2, -0.15) is 0 Å². The first-order valence-corrected chi connectivity index (χ1v) is 7.96. The Morgan fingerprint density at radius 1 is 1.09 bits per heavy atom. The van der Waals surface area contributed by atoms with Gasteiger partial charge >= 0.3 is 0 Å². The molecule has 3 nitrogen and oxygen atoms in total. The summed E-state index contributed by atoms with van der Waals surface area (Å²) in [6.07, 6.45) is 1.06. The number of piperidine rings is 1. The van der Waals surface area contributed by atoms with E-state index in [-0.39, 0.29) is 17.3 Å². The average molecular weight is 316 g/mol. The Bertz CT molecular complexity index is 802. The van der Waals surface area contributed by atoms with Crippen LogP contribution in [0.5, 0.6) is 0 Å². The first-order valence-electron chi connectivity index (χ1n) is 7.96. The third-order valence-electron chi connectivity index (χ3n) is 4.96.